The fourth-order valence-electron chi connectivity index (χ4n) is 4.14. The predicted molar refractivity (Wildman–Crippen MR) is 126 cm³/mol. The van der Waals surface area contributed by atoms with E-state index in [2.05, 4.69) is 20.6 Å². The molecule has 0 spiro atoms. The molecule has 0 radical (unpaired) electrons. The van der Waals surface area contributed by atoms with Crippen LogP contribution in [0.4, 0.5) is 30.6 Å². The van der Waals surface area contributed by atoms with Crippen molar-refractivity contribution in [3.8, 4) is 11.5 Å². The summed E-state index contributed by atoms with van der Waals surface area (Å²) in [5.74, 6) is 1.72. The molecule has 0 fully saturated rings. The first kappa shape index (κ1) is 23.0. The molecule has 2 aromatic carbocycles. The fraction of sp³-hybridized carbons (Fsp3) is 0.208. The summed E-state index contributed by atoms with van der Waals surface area (Å²) in [6.45, 7) is 2.05. The van der Waals surface area contributed by atoms with Crippen LogP contribution in [0.3, 0.4) is 0 Å². The molecule has 11 heteroatoms. The van der Waals surface area contributed by atoms with Crippen molar-refractivity contribution in [2.75, 3.05) is 10.6 Å². The highest BCUT2D eigenvalue weighted by atomic mass is 35.5. The molecule has 1 amide bonds. The summed E-state index contributed by atoms with van der Waals surface area (Å²) in [4.78, 5) is 20.0. The number of imidazole rings is 1. The lowest BCUT2D eigenvalue weighted by Crippen LogP contribution is -2.12. The Labute approximate surface area is 202 Å². The number of aromatic nitrogens is 3. The third-order valence-corrected chi connectivity index (χ3v) is 5.90. The molecule has 1 aliphatic rings. The SMILES string of the molecule is CC(=O)Nc1cc(Oc2ccc3nc(Nc4ccc(Cl)c(C(F)(F)F)c4)n4c3c2CCC4)ccn1. The number of alkyl halides is 3. The molecule has 0 aliphatic carbocycles. The molecule has 180 valence electrons. The van der Waals surface area contributed by atoms with Crippen molar-refractivity contribution in [2.45, 2.75) is 32.5 Å². The Balaban J connectivity index is 1.49. The molecular formula is C24H19ClF3N5O2. The van der Waals surface area contributed by atoms with E-state index in [1.165, 1.54) is 25.3 Å². The molecule has 35 heavy (non-hydrogen) atoms. The summed E-state index contributed by atoms with van der Waals surface area (Å²) in [7, 11) is 0. The third-order valence-electron chi connectivity index (χ3n) is 5.57. The van der Waals surface area contributed by atoms with Gasteiger partial charge in [0.2, 0.25) is 11.9 Å². The van der Waals surface area contributed by atoms with Crippen molar-refractivity contribution >= 4 is 46.0 Å². The Morgan fingerprint density at radius 1 is 1.17 bits per heavy atom. The maximum atomic E-state index is 13.3. The number of ether oxygens (including phenoxy) is 1. The van der Waals surface area contributed by atoms with Crippen LogP contribution in [0.5, 0.6) is 11.5 Å². The molecule has 2 N–H and O–H groups in total. The van der Waals surface area contributed by atoms with Gasteiger partial charge in [-0.1, -0.05) is 11.6 Å². The lowest BCUT2D eigenvalue weighted by Gasteiger charge is -2.20. The fourth-order valence-corrected chi connectivity index (χ4v) is 4.37. The van der Waals surface area contributed by atoms with Gasteiger partial charge in [-0.2, -0.15) is 13.2 Å². The van der Waals surface area contributed by atoms with Gasteiger partial charge in [0.1, 0.15) is 17.3 Å². The van der Waals surface area contributed by atoms with E-state index in [4.69, 9.17) is 16.3 Å². The van der Waals surface area contributed by atoms with Crippen molar-refractivity contribution in [3.63, 3.8) is 0 Å². The van der Waals surface area contributed by atoms with E-state index in [1.807, 2.05) is 10.6 Å². The summed E-state index contributed by atoms with van der Waals surface area (Å²) in [6.07, 6.45) is -1.47. The number of aryl methyl sites for hydroxylation is 2. The molecular weight excluding hydrogens is 483 g/mol. The van der Waals surface area contributed by atoms with Gasteiger partial charge in [0, 0.05) is 37.0 Å². The molecule has 4 aromatic rings. The zero-order valence-electron chi connectivity index (χ0n) is 18.4. The third kappa shape index (κ3) is 4.61. The Morgan fingerprint density at radius 2 is 2.00 bits per heavy atom. The first-order valence-corrected chi connectivity index (χ1v) is 11.1. The van der Waals surface area contributed by atoms with Gasteiger partial charge in [0.05, 0.1) is 21.6 Å². The van der Waals surface area contributed by atoms with E-state index in [0.717, 1.165) is 30.0 Å². The van der Waals surface area contributed by atoms with Gasteiger partial charge in [0.15, 0.2) is 0 Å². The number of carbonyl (C=O) groups excluding carboxylic acids is 1. The molecule has 0 saturated carbocycles. The second-order valence-corrected chi connectivity index (χ2v) is 8.49. The van der Waals surface area contributed by atoms with Crippen molar-refractivity contribution in [1.29, 1.82) is 0 Å². The number of nitrogens with zero attached hydrogens (tertiary/aromatic N) is 3. The van der Waals surface area contributed by atoms with Gasteiger partial charge in [-0.15, -0.1) is 0 Å². The normalized spacial score (nSPS) is 13.1. The molecule has 7 nitrogen and oxygen atoms in total. The van der Waals surface area contributed by atoms with Crippen LogP contribution in [-0.2, 0) is 23.9 Å². The standard InChI is InChI=1S/C24H19ClF3N5O2/c1-13(34)30-21-12-15(8-9-29-21)35-20-7-6-19-22-16(20)3-2-10-33(22)23(32-19)31-14-4-5-18(25)17(11-14)24(26,27)28/h4-9,11-12H,2-3,10H2,1H3,(H,31,32)(H,29,30,34). The first-order chi connectivity index (χ1) is 16.7. The lowest BCUT2D eigenvalue weighted by atomic mass is 10.0. The second kappa shape index (κ2) is 8.77. The largest absolute Gasteiger partial charge is 0.457 e. The summed E-state index contributed by atoms with van der Waals surface area (Å²) in [5.41, 5.74) is 1.83. The number of rotatable bonds is 5. The van der Waals surface area contributed by atoms with Crippen molar-refractivity contribution in [1.82, 2.24) is 14.5 Å². The van der Waals surface area contributed by atoms with E-state index >= 15 is 0 Å². The summed E-state index contributed by atoms with van der Waals surface area (Å²) in [5, 5.41) is 5.27. The van der Waals surface area contributed by atoms with Crippen LogP contribution < -0.4 is 15.4 Å². The minimum Gasteiger partial charge on any atom is -0.457 e. The zero-order chi connectivity index (χ0) is 24.7. The van der Waals surface area contributed by atoms with Gasteiger partial charge >= 0.3 is 6.18 Å². The molecule has 0 unspecified atom stereocenters. The van der Waals surface area contributed by atoms with Crippen LogP contribution in [0.1, 0.15) is 24.5 Å². The van der Waals surface area contributed by atoms with Gasteiger partial charge in [-0.25, -0.2) is 9.97 Å². The Hall–Kier alpha value is -3.79. The van der Waals surface area contributed by atoms with Gasteiger partial charge in [0.25, 0.3) is 0 Å². The van der Waals surface area contributed by atoms with Crippen LogP contribution >= 0.6 is 11.6 Å². The maximum Gasteiger partial charge on any atom is 0.417 e. The van der Waals surface area contributed by atoms with E-state index in [0.29, 0.717) is 35.3 Å². The number of anilines is 3. The average Bonchev–Trinajstić information content (AvgIpc) is 3.15. The van der Waals surface area contributed by atoms with Crippen molar-refractivity contribution < 1.29 is 22.7 Å². The molecule has 0 atom stereocenters. The van der Waals surface area contributed by atoms with Crippen molar-refractivity contribution in [2.24, 2.45) is 0 Å². The predicted octanol–water partition coefficient (Wildman–Crippen LogP) is 6.54. The van der Waals surface area contributed by atoms with Crippen LogP contribution in [0, 0.1) is 0 Å². The number of pyridine rings is 1. The van der Waals surface area contributed by atoms with E-state index in [9.17, 15) is 18.0 Å². The van der Waals surface area contributed by atoms with Crippen LogP contribution in [0.15, 0.2) is 48.7 Å². The molecule has 2 aromatic heterocycles. The summed E-state index contributed by atoms with van der Waals surface area (Å²) in [6, 6.07) is 10.6. The number of benzene rings is 2. The topological polar surface area (TPSA) is 81.1 Å². The minimum atomic E-state index is -4.56. The molecule has 0 saturated heterocycles. The quantitative estimate of drug-likeness (QED) is 0.324. The number of carbonyl (C=O) groups is 1. The van der Waals surface area contributed by atoms with E-state index < -0.39 is 11.7 Å². The van der Waals surface area contributed by atoms with E-state index in [1.54, 1.807) is 18.2 Å². The molecule has 1 aliphatic heterocycles. The second-order valence-electron chi connectivity index (χ2n) is 8.08. The minimum absolute atomic E-state index is 0.235. The highest BCUT2D eigenvalue weighted by Gasteiger charge is 2.33. The summed E-state index contributed by atoms with van der Waals surface area (Å²) < 4.78 is 47.9. The number of hydrogen-bond acceptors (Lipinski definition) is 5. The van der Waals surface area contributed by atoms with Gasteiger partial charge in [-0.3, -0.25) is 4.79 Å². The number of halogens is 4. The van der Waals surface area contributed by atoms with Gasteiger partial charge in [-0.05, 0) is 49.2 Å². The number of hydrogen-bond donors (Lipinski definition) is 2. The molecule has 3 heterocycles. The van der Waals surface area contributed by atoms with Crippen LogP contribution in [-0.4, -0.2) is 20.4 Å². The first-order valence-electron chi connectivity index (χ1n) is 10.8. The molecule has 5 rings (SSSR count). The smallest absolute Gasteiger partial charge is 0.417 e. The highest BCUT2D eigenvalue weighted by molar-refractivity contribution is 6.31. The summed E-state index contributed by atoms with van der Waals surface area (Å²) >= 11 is 5.75. The molecule has 0 bridgehead atoms. The van der Waals surface area contributed by atoms with Crippen LogP contribution in [0.2, 0.25) is 5.02 Å². The lowest BCUT2D eigenvalue weighted by molar-refractivity contribution is -0.137. The van der Waals surface area contributed by atoms with Crippen molar-refractivity contribution in [3.05, 3.63) is 64.8 Å². The van der Waals surface area contributed by atoms with Crippen LogP contribution in [0.25, 0.3) is 11.0 Å². The monoisotopic (exact) mass is 501 g/mol. The van der Waals surface area contributed by atoms with E-state index in [-0.39, 0.29) is 16.6 Å². The maximum absolute atomic E-state index is 13.3. The average molecular weight is 502 g/mol. The van der Waals surface area contributed by atoms with Gasteiger partial charge < -0.3 is 19.9 Å². The Kier molecular flexibility index (Phi) is 5.76. The Morgan fingerprint density at radius 3 is 2.77 bits per heavy atom. The zero-order valence-corrected chi connectivity index (χ0v) is 19.2. The highest BCUT2D eigenvalue weighted by Crippen LogP contribution is 2.39. The number of nitrogens with one attached hydrogen (secondary N) is 2. The number of amides is 1. The Bertz CT molecular complexity index is 1450.